The number of anilines is 3. The summed E-state index contributed by atoms with van der Waals surface area (Å²) in [7, 11) is 0. The van der Waals surface area contributed by atoms with Gasteiger partial charge in [0.05, 0.1) is 35.5 Å². The molecule has 1 aliphatic heterocycles. The van der Waals surface area contributed by atoms with Gasteiger partial charge >= 0.3 is 5.97 Å². The summed E-state index contributed by atoms with van der Waals surface area (Å²) in [5.41, 5.74) is 1.71. The van der Waals surface area contributed by atoms with Crippen LogP contribution in [0, 0.1) is 5.82 Å². The van der Waals surface area contributed by atoms with Gasteiger partial charge < -0.3 is 20.1 Å². The summed E-state index contributed by atoms with van der Waals surface area (Å²) in [6, 6.07) is 7.97. The Morgan fingerprint density at radius 3 is 2.59 bits per heavy atom. The van der Waals surface area contributed by atoms with Gasteiger partial charge in [0, 0.05) is 55.9 Å². The van der Waals surface area contributed by atoms with Gasteiger partial charge in [-0.05, 0) is 56.9 Å². The molecule has 44 heavy (non-hydrogen) atoms. The van der Waals surface area contributed by atoms with Crippen LogP contribution in [0.25, 0.3) is 10.9 Å². The Kier molecular flexibility index (Phi) is 11.0. The van der Waals surface area contributed by atoms with Gasteiger partial charge in [0.15, 0.2) is 0 Å². The average Bonchev–Trinajstić information content (AvgIpc) is 3.01. The fraction of sp³-hybridized carbons (Fsp3) is 0.438. The Morgan fingerprint density at radius 1 is 1.07 bits per heavy atom. The second-order valence-electron chi connectivity index (χ2n) is 11.0. The lowest BCUT2D eigenvalue weighted by atomic mass is 9.98. The number of benzene rings is 2. The number of piperazine rings is 1. The first-order valence-corrected chi connectivity index (χ1v) is 15.5. The van der Waals surface area contributed by atoms with E-state index in [-0.39, 0.29) is 23.0 Å². The molecule has 1 aliphatic carbocycles. The molecule has 0 spiro atoms. The minimum atomic E-state index is -0.511. The summed E-state index contributed by atoms with van der Waals surface area (Å²) in [6.07, 6.45) is 10.2. The number of amides is 1. The van der Waals surface area contributed by atoms with Crippen molar-refractivity contribution in [3.8, 4) is 5.75 Å². The minimum Gasteiger partial charge on any atom is -0.488 e. The molecule has 2 N–H and O–H groups in total. The SMILES string of the molecule is CCOC(=O)CN1CCN(C/C=C/C(=O)Nc2cc3c(Nc4ccc(F)c(Cl)c4)ncnc3cc2OC2CCCCC2)CC1. The van der Waals surface area contributed by atoms with Gasteiger partial charge in [-0.15, -0.1) is 0 Å². The number of aromatic nitrogens is 2. The molecule has 3 aromatic rings. The first-order valence-electron chi connectivity index (χ1n) is 15.1. The smallest absolute Gasteiger partial charge is 0.320 e. The monoisotopic (exact) mass is 624 g/mol. The van der Waals surface area contributed by atoms with E-state index in [1.807, 2.05) is 12.1 Å². The van der Waals surface area contributed by atoms with Crippen molar-refractivity contribution in [2.45, 2.75) is 45.1 Å². The van der Waals surface area contributed by atoms with E-state index >= 15 is 0 Å². The molecule has 1 aromatic heterocycles. The molecule has 5 rings (SSSR count). The third kappa shape index (κ3) is 8.64. The fourth-order valence-electron chi connectivity index (χ4n) is 5.45. The van der Waals surface area contributed by atoms with Crippen LogP contribution in [0.5, 0.6) is 5.75 Å². The van der Waals surface area contributed by atoms with Crippen molar-refractivity contribution < 1.29 is 23.5 Å². The minimum absolute atomic E-state index is 0.00479. The molecule has 10 nitrogen and oxygen atoms in total. The second-order valence-corrected chi connectivity index (χ2v) is 11.4. The van der Waals surface area contributed by atoms with Gasteiger partial charge in [0.1, 0.15) is 23.7 Å². The van der Waals surface area contributed by atoms with Crippen molar-refractivity contribution >= 4 is 51.6 Å². The van der Waals surface area contributed by atoms with Crippen molar-refractivity contribution in [3.05, 3.63) is 59.7 Å². The number of ether oxygens (including phenoxy) is 2. The van der Waals surface area contributed by atoms with Crippen LogP contribution < -0.4 is 15.4 Å². The molecular weight excluding hydrogens is 587 g/mol. The van der Waals surface area contributed by atoms with E-state index in [1.165, 1.54) is 31.0 Å². The summed E-state index contributed by atoms with van der Waals surface area (Å²) in [5, 5.41) is 6.83. The van der Waals surface area contributed by atoms with E-state index in [9.17, 15) is 14.0 Å². The number of rotatable bonds is 11. The summed E-state index contributed by atoms with van der Waals surface area (Å²) in [6.45, 7) is 6.23. The van der Waals surface area contributed by atoms with E-state index in [2.05, 4.69) is 30.4 Å². The Labute approximate surface area is 261 Å². The molecule has 2 aliphatic rings. The zero-order chi connectivity index (χ0) is 30.9. The van der Waals surface area contributed by atoms with Crippen LogP contribution in [0.4, 0.5) is 21.6 Å². The highest BCUT2D eigenvalue weighted by atomic mass is 35.5. The summed E-state index contributed by atoms with van der Waals surface area (Å²) in [4.78, 5) is 38.0. The lowest BCUT2D eigenvalue weighted by Gasteiger charge is -2.33. The Balaban J connectivity index is 1.28. The van der Waals surface area contributed by atoms with Crippen molar-refractivity contribution in [2.75, 3.05) is 56.5 Å². The topological polar surface area (TPSA) is 109 Å². The van der Waals surface area contributed by atoms with Crippen LogP contribution in [-0.4, -0.2) is 83.6 Å². The maximum Gasteiger partial charge on any atom is 0.320 e. The predicted octanol–water partition coefficient (Wildman–Crippen LogP) is 5.55. The van der Waals surface area contributed by atoms with Crippen LogP contribution >= 0.6 is 11.6 Å². The number of fused-ring (bicyclic) bond motifs is 1. The summed E-state index contributed by atoms with van der Waals surface area (Å²) >= 11 is 5.98. The third-order valence-corrected chi connectivity index (χ3v) is 8.07. The summed E-state index contributed by atoms with van der Waals surface area (Å²) < 4.78 is 25.2. The lowest BCUT2D eigenvalue weighted by Crippen LogP contribution is -2.48. The molecule has 1 saturated carbocycles. The van der Waals surface area contributed by atoms with Crippen molar-refractivity contribution in [1.29, 1.82) is 0 Å². The largest absolute Gasteiger partial charge is 0.488 e. The second kappa shape index (κ2) is 15.3. The maximum atomic E-state index is 13.7. The van der Waals surface area contributed by atoms with E-state index in [1.54, 1.807) is 19.1 Å². The zero-order valence-electron chi connectivity index (χ0n) is 24.9. The first-order chi connectivity index (χ1) is 21.4. The third-order valence-electron chi connectivity index (χ3n) is 7.78. The number of nitrogens with zero attached hydrogens (tertiary/aromatic N) is 4. The number of carbonyl (C=O) groups excluding carboxylic acids is 2. The molecule has 12 heteroatoms. The van der Waals surface area contributed by atoms with Crippen LogP contribution in [0.15, 0.2) is 48.8 Å². The molecule has 1 amide bonds. The predicted molar refractivity (Wildman–Crippen MR) is 169 cm³/mol. The standard InChI is InChI=1S/C32H38ClFN6O4/c1-2-43-31(42)20-40-15-13-39(14-16-40)12-6-9-30(41)38-28-18-24-27(19-29(28)44-23-7-4-3-5-8-23)35-21-36-32(24)37-22-10-11-26(34)25(33)17-22/h6,9-11,17-19,21,23H,2-5,7-8,12-16,20H2,1H3,(H,38,41)(H,35,36,37)/b9-6+. The Morgan fingerprint density at radius 2 is 1.84 bits per heavy atom. The highest BCUT2D eigenvalue weighted by Gasteiger charge is 2.21. The molecule has 234 valence electrons. The highest BCUT2D eigenvalue weighted by molar-refractivity contribution is 6.31. The van der Waals surface area contributed by atoms with E-state index in [4.69, 9.17) is 21.1 Å². The molecule has 2 heterocycles. The van der Waals surface area contributed by atoms with Crippen LogP contribution in [-0.2, 0) is 14.3 Å². The van der Waals surface area contributed by atoms with E-state index in [0.29, 0.717) is 53.5 Å². The van der Waals surface area contributed by atoms with E-state index < -0.39 is 5.82 Å². The lowest BCUT2D eigenvalue weighted by molar-refractivity contribution is -0.144. The van der Waals surface area contributed by atoms with Crippen LogP contribution in [0.2, 0.25) is 5.02 Å². The number of carbonyl (C=O) groups is 2. The van der Waals surface area contributed by atoms with E-state index in [0.717, 1.165) is 51.9 Å². The van der Waals surface area contributed by atoms with Gasteiger partial charge in [0.25, 0.3) is 0 Å². The summed E-state index contributed by atoms with van der Waals surface area (Å²) in [5.74, 6) is 0.0415. The van der Waals surface area contributed by atoms with Crippen LogP contribution in [0.1, 0.15) is 39.0 Å². The fourth-order valence-corrected chi connectivity index (χ4v) is 5.63. The van der Waals surface area contributed by atoms with Gasteiger partial charge in [0.2, 0.25) is 5.91 Å². The zero-order valence-corrected chi connectivity index (χ0v) is 25.6. The molecule has 0 atom stereocenters. The first kappa shape index (κ1) is 31.6. The average molecular weight is 625 g/mol. The molecule has 1 saturated heterocycles. The van der Waals surface area contributed by atoms with Crippen LogP contribution in [0.3, 0.4) is 0 Å². The van der Waals surface area contributed by atoms with Gasteiger partial charge in [-0.2, -0.15) is 0 Å². The highest BCUT2D eigenvalue weighted by Crippen LogP contribution is 2.36. The van der Waals surface area contributed by atoms with Gasteiger partial charge in [-0.3, -0.25) is 19.4 Å². The van der Waals surface area contributed by atoms with Gasteiger partial charge in [-0.25, -0.2) is 14.4 Å². The van der Waals surface area contributed by atoms with Gasteiger partial charge in [-0.1, -0.05) is 24.1 Å². The van der Waals surface area contributed by atoms with Crippen molar-refractivity contribution in [1.82, 2.24) is 19.8 Å². The number of halogens is 2. The normalized spacial score (nSPS) is 16.7. The number of nitrogens with one attached hydrogen (secondary N) is 2. The number of esters is 1. The molecule has 2 aromatic carbocycles. The molecule has 0 radical (unpaired) electrons. The quantitative estimate of drug-likeness (QED) is 0.210. The Bertz CT molecular complexity index is 1490. The molecule has 0 unspecified atom stereocenters. The number of hydrogen-bond donors (Lipinski definition) is 2. The molecular formula is C32H38ClFN6O4. The maximum absolute atomic E-state index is 13.7. The van der Waals surface area contributed by atoms with Crippen molar-refractivity contribution in [3.63, 3.8) is 0 Å². The molecule has 0 bridgehead atoms. The Hall–Kier alpha value is -3.80. The molecule has 2 fully saturated rings. The van der Waals surface area contributed by atoms with Crippen molar-refractivity contribution in [2.24, 2.45) is 0 Å². The number of hydrogen-bond acceptors (Lipinski definition) is 9.